The molecule has 0 amide bonds. The zero-order chi connectivity index (χ0) is 19.5. The molecule has 7 nitrogen and oxygen atoms in total. The first kappa shape index (κ1) is 22.4. The third kappa shape index (κ3) is 4.52. The molecule has 2 N–H and O–H groups in total. The van der Waals surface area contributed by atoms with Crippen LogP contribution in [0.5, 0.6) is 0 Å². The van der Waals surface area contributed by atoms with E-state index in [1.807, 2.05) is 12.1 Å². The molecule has 3 unspecified atom stereocenters. The lowest BCUT2D eigenvalue weighted by molar-refractivity contribution is -0.171. The van der Waals surface area contributed by atoms with Crippen molar-refractivity contribution < 1.29 is 13.9 Å². The fourth-order valence-electron chi connectivity index (χ4n) is 5.64. The number of rotatable bonds is 7. The van der Waals surface area contributed by atoms with Crippen molar-refractivity contribution in [1.82, 2.24) is 15.5 Å². The van der Waals surface area contributed by atoms with Gasteiger partial charge in [0.25, 0.3) is 0 Å². The highest BCUT2D eigenvalue weighted by atomic mass is 127. The van der Waals surface area contributed by atoms with Crippen LogP contribution in [0, 0.1) is 11.3 Å². The molecule has 2 aliphatic heterocycles. The number of aliphatic imine (C=N–C) groups is 1. The molecule has 168 valence electrons. The summed E-state index contributed by atoms with van der Waals surface area (Å²) < 4.78 is 17.0. The van der Waals surface area contributed by atoms with Crippen molar-refractivity contribution in [2.45, 2.75) is 44.2 Å². The first-order valence-corrected chi connectivity index (χ1v) is 11.3. The van der Waals surface area contributed by atoms with E-state index in [2.05, 4.69) is 15.5 Å². The Bertz CT molecular complexity index is 689. The summed E-state index contributed by atoms with van der Waals surface area (Å²) >= 11 is 0. The highest BCUT2D eigenvalue weighted by molar-refractivity contribution is 14.0. The lowest BCUT2D eigenvalue weighted by Crippen LogP contribution is -2.72. The summed E-state index contributed by atoms with van der Waals surface area (Å²) in [6.45, 7) is 7.23. The molecule has 8 heteroatoms. The van der Waals surface area contributed by atoms with Crippen LogP contribution in [0.15, 0.2) is 27.8 Å². The van der Waals surface area contributed by atoms with Crippen LogP contribution in [0.25, 0.3) is 0 Å². The Labute approximate surface area is 196 Å². The van der Waals surface area contributed by atoms with Gasteiger partial charge >= 0.3 is 0 Å². The van der Waals surface area contributed by atoms with E-state index < -0.39 is 0 Å². The number of halogens is 1. The van der Waals surface area contributed by atoms with Gasteiger partial charge in [0.15, 0.2) is 5.96 Å². The Morgan fingerprint density at radius 2 is 2.10 bits per heavy atom. The first-order valence-electron chi connectivity index (χ1n) is 11.3. The zero-order valence-electron chi connectivity index (χ0n) is 17.7. The molecule has 5 rings (SSSR count). The molecule has 3 atom stereocenters. The third-order valence-corrected chi connectivity index (χ3v) is 7.36. The molecule has 1 aromatic rings. The van der Waals surface area contributed by atoms with Gasteiger partial charge in [0.2, 0.25) is 0 Å². The number of hydrogen-bond acceptors (Lipinski definition) is 5. The van der Waals surface area contributed by atoms with Gasteiger partial charge in [0.05, 0.1) is 32.1 Å². The monoisotopic (exact) mass is 530 g/mol. The Balaban J connectivity index is 0.00000218. The van der Waals surface area contributed by atoms with Gasteiger partial charge < -0.3 is 24.5 Å². The molecule has 4 fully saturated rings. The van der Waals surface area contributed by atoms with Crippen LogP contribution in [0.2, 0.25) is 0 Å². The van der Waals surface area contributed by atoms with Gasteiger partial charge in [-0.3, -0.25) is 9.89 Å². The molecule has 1 spiro atoms. The minimum atomic E-state index is 0. The highest BCUT2D eigenvalue weighted by Crippen LogP contribution is 2.62. The van der Waals surface area contributed by atoms with Crippen LogP contribution < -0.4 is 10.6 Å². The molecule has 2 saturated carbocycles. The second-order valence-corrected chi connectivity index (χ2v) is 8.89. The van der Waals surface area contributed by atoms with E-state index in [0.29, 0.717) is 23.5 Å². The van der Waals surface area contributed by atoms with Crippen LogP contribution in [0.3, 0.4) is 0 Å². The topological polar surface area (TPSA) is 71.3 Å². The molecule has 2 saturated heterocycles. The fourth-order valence-corrected chi connectivity index (χ4v) is 5.64. The maximum absolute atomic E-state index is 6.08. The summed E-state index contributed by atoms with van der Waals surface area (Å²) in [6.07, 6.45) is 8.17. The Morgan fingerprint density at radius 3 is 2.83 bits per heavy atom. The summed E-state index contributed by atoms with van der Waals surface area (Å²) in [7, 11) is 0. The smallest absolute Gasteiger partial charge is 0.191 e. The first-order chi connectivity index (χ1) is 14.4. The van der Waals surface area contributed by atoms with E-state index in [0.717, 1.165) is 70.7 Å². The zero-order valence-corrected chi connectivity index (χ0v) is 20.0. The van der Waals surface area contributed by atoms with E-state index >= 15 is 0 Å². The Morgan fingerprint density at radius 1 is 1.23 bits per heavy atom. The van der Waals surface area contributed by atoms with Crippen LogP contribution in [0.4, 0.5) is 0 Å². The number of morpholine rings is 1. The minimum Gasteiger partial charge on any atom is -0.469 e. The number of nitrogens with zero attached hydrogens (tertiary/aromatic N) is 2. The summed E-state index contributed by atoms with van der Waals surface area (Å²) in [6, 6.07) is 4.47. The largest absolute Gasteiger partial charge is 0.469 e. The molecule has 2 aliphatic carbocycles. The van der Waals surface area contributed by atoms with E-state index in [4.69, 9.17) is 18.9 Å². The Hall–Kier alpha value is -0.840. The van der Waals surface area contributed by atoms with E-state index in [1.54, 1.807) is 6.26 Å². The van der Waals surface area contributed by atoms with Crippen molar-refractivity contribution in [1.29, 1.82) is 0 Å². The van der Waals surface area contributed by atoms with Crippen LogP contribution in [-0.2, 0) is 15.9 Å². The average molecular weight is 530 g/mol. The molecule has 0 aromatic carbocycles. The fraction of sp³-hybridized carbons (Fsp3) is 0.773. The highest BCUT2D eigenvalue weighted by Gasteiger charge is 2.66. The molecule has 4 aliphatic rings. The molecule has 0 radical (unpaired) electrons. The van der Waals surface area contributed by atoms with Gasteiger partial charge in [-0.15, -0.1) is 24.0 Å². The van der Waals surface area contributed by atoms with E-state index in [-0.39, 0.29) is 24.0 Å². The van der Waals surface area contributed by atoms with Crippen molar-refractivity contribution in [3.05, 3.63) is 24.2 Å². The summed E-state index contributed by atoms with van der Waals surface area (Å²) in [5.74, 6) is 2.60. The third-order valence-electron chi connectivity index (χ3n) is 7.36. The molecular formula is C22H35IN4O3. The van der Waals surface area contributed by atoms with Crippen molar-refractivity contribution >= 4 is 29.9 Å². The van der Waals surface area contributed by atoms with Crippen molar-refractivity contribution in [3.63, 3.8) is 0 Å². The number of hydrogen-bond donors (Lipinski definition) is 2. The summed E-state index contributed by atoms with van der Waals surface area (Å²) in [5.41, 5.74) is 0.356. The molecular weight excluding hydrogens is 495 g/mol. The summed E-state index contributed by atoms with van der Waals surface area (Å²) in [4.78, 5) is 7.37. The Kier molecular flexibility index (Phi) is 7.59. The minimum absolute atomic E-state index is 0. The lowest BCUT2D eigenvalue weighted by Gasteiger charge is -2.63. The average Bonchev–Trinajstić information content (AvgIpc) is 3.36. The molecule has 1 aromatic heterocycles. The number of fused-ring (bicyclic) bond motifs is 2. The maximum Gasteiger partial charge on any atom is 0.191 e. The number of ether oxygens (including phenoxy) is 2. The van der Waals surface area contributed by atoms with Crippen molar-refractivity contribution in [2.24, 2.45) is 16.3 Å². The van der Waals surface area contributed by atoms with Crippen LogP contribution in [-0.4, -0.2) is 75.5 Å². The van der Waals surface area contributed by atoms with Crippen molar-refractivity contribution in [3.8, 4) is 0 Å². The normalized spacial score (nSPS) is 30.1. The van der Waals surface area contributed by atoms with Gasteiger partial charge in [0, 0.05) is 56.6 Å². The van der Waals surface area contributed by atoms with Gasteiger partial charge in [0.1, 0.15) is 5.76 Å². The van der Waals surface area contributed by atoms with Gasteiger partial charge in [-0.05, 0) is 31.4 Å². The van der Waals surface area contributed by atoms with Gasteiger partial charge in [-0.2, -0.15) is 0 Å². The molecule has 30 heavy (non-hydrogen) atoms. The summed E-state index contributed by atoms with van der Waals surface area (Å²) in [5, 5.41) is 7.38. The van der Waals surface area contributed by atoms with Crippen LogP contribution in [0.1, 0.15) is 31.4 Å². The predicted molar refractivity (Wildman–Crippen MR) is 126 cm³/mol. The quantitative estimate of drug-likeness (QED) is 0.320. The van der Waals surface area contributed by atoms with Gasteiger partial charge in [-0.1, -0.05) is 6.42 Å². The van der Waals surface area contributed by atoms with E-state index in [9.17, 15) is 0 Å². The second-order valence-electron chi connectivity index (χ2n) is 8.89. The van der Waals surface area contributed by atoms with Crippen molar-refractivity contribution in [2.75, 3.05) is 52.5 Å². The number of nitrogens with one attached hydrogen (secondary N) is 2. The van der Waals surface area contributed by atoms with E-state index in [1.165, 1.54) is 25.7 Å². The van der Waals surface area contributed by atoms with Crippen LogP contribution >= 0.6 is 24.0 Å². The standard InChI is InChI=1S/C22H34N4O3.HI/c1-3-17(28-13-1)4-8-23-21(24-9-10-26-11-15-27-16-12-26)25-19-18-5-14-29-20(18)22(19)6-2-7-22;/h1,3,13,18-20H,2,4-12,14-16H2,(H2,23,24,25);1H. The molecule has 0 bridgehead atoms. The number of guanidine groups is 1. The maximum atomic E-state index is 6.08. The second kappa shape index (κ2) is 10.2. The lowest BCUT2D eigenvalue weighted by atomic mass is 9.46. The molecule has 3 heterocycles. The predicted octanol–water partition coefficient (Wildman–Crippen LogP) is 2.27. The number of furan rings is 1. The van der Waals surface area contributed by atoms with Gasteiger partial charge in [-0.25, -0.2) is 0 Å². The SMILES string of the molecule is I.c1coc(CCNC(=NCCN2CCOCC2)NC2C3CCOC3C23CCC3)c1.